The predicted octanol–water partition coefficient (Wildman–Crippen LogP) is 0.809. The fraction of sp³-hybridized carbons (Fsp3) is 1.00. The third-order valence-corrected chi connectivity index (χ3v) is 1.77. The van der Waals surface area contributed by atoms with Gasteiger partial charge in [-0.3, -0.25) is 0 Å². The SMILES string of the molecule is CC(C)(C)CC(O)COCCOCCO. The van der Waals surface area contributed by atoms with Crippen LogP contribution in [0.5, 0.6) is 0 Å². The molecule has 92 valence electrons. The Balaban J connectivity index is 3.28. The largest absolute Gasteiger partial charge is 0.394 e. The molecule has 0 aliphatic carbocycles. The lowest BCUT2D eigenvalue weighted by Crippen LogP contribution is -2.23. The minimum atomic E-state index is -0.414. The fourth-order valence-corrected chi connectivity index (χ4v) is 1.27. The summed E-state index contributed by atoms with van der Waals surface area (Å²) in [5.41, 5.74) is 0.121. The maximum Gasteiger partial charge on any atom is 0.0778 e. The van der Waals surface area contributed by atoms with E-state index in [-0.39, 0.29) is 12.0 Å². The molecule has 0 aromatic carbocycles. The van der Waals surface area contributed by atoms with Gasteiger partial charge in [0.15, 0.2) is 0 Å². The highest BCUT2D eigenvalue weighted by molar-refractivity contribution is 4.67. The second-order valence-electron chi connectivity index (χ2n) is 4.83. The van der Waals surface area contributed by atoms with Crippen molar-refractivity contribution in [3.8, 4) is 0 Å². The lowest BCUT2D eigenvalue weighted by atomic mass is 9.89. The van der Waals surface area contributed by atoms with Crippen LogP contribution in [-0.4, -0.2) is 49.4 Å². The summed E-state index contributed by atoms with van der Waals surface area (Å²) in [4.78, 5) is 0. The van der Waals surface area contributed by atoms with Crippen molar-refractivity contribution in [1.82, 2.24) is 0 Å². The molecular formula is C11H24O4. The van der Waals surface area contributed by atoms with Gasteiger partial charge in [0.05, 0.1) is 39.1 Å². The van der Waals surface area contributed by atoms with Gasteiger partial charge in [0.1, 0.15) is 0 Å². The second kappa shape index (κ2) is 8.05. The molecule has 1 unspecified atom stereocenters. The normalized spacial score (nSPS) is 14.2. The lowest BCUT2D eigenvalue weighted by molar-refractivity contribution is -0.0126. The van der Waals surface area contributed by atoms with Crippen LogP contribution in [0, 0.1) is 5.41 Å². The molecule has 0 saturated heterocycles. The summed E-state index contributed by atoms with van der Waals surface area (Å²) in [5, 5.41) is 18.0. The van der Waals surface area contributed by atoms with Crippen molar-refractivity contribution in [3.05, 3.63) is 0 Å². The Morgan fingerprint density at radius 3 is 2.20 bits per heavy atom. The summed E-state index contributed by atoms with van der Waals surface area (Å²) in [5.74, 6) is 0. The predicted molar refractivity (Wildman–Crippen MR) is 58.8 cm³/mol. The highest BCUT2D eigenvalue weighted by atomic mass is 16.5. The molecule has 0 saturated carbocycles. The summed E-state index contributed by atoms with van der Waals surface area (Å²) in [7, 11) is 0. The molecule has 0 fully saturated rings. The van der Waals surface area contributed by atoms with Crippen molar-refractivity contribution >= 4 is 0 Å². The second-order valence-corrected chi connectivity index (χ2v) is 4.83. The van der Waals surface area contributed by atoms with E-state index in [4.69, 9.17) is 14.6 Å². The van der Waals surface area contributed by atoms with Crippen molar-refractivity contribution in [2.24, 2.45) is 5.41 Å². The molecule has 15 heavy (non-hydrogen) atoms. The zero-order valence-electron chi connectivity index (χ0n) is 10.0. The van der Waals surface area contributed by atoms with E-state index in [2.05, 4.69) is 20.8 Å². The van der Waals surface area contributed by atoms with Gasteiger partial charge >= 0.3 is 0 Å². The number of ether oxygens (including phenoxy) is 2. The van der Waals surface area contributed by atoms with Crippen molar-refractivity contribution in [1.29, 1.82) is 0 Å². The molecule has 0 radical (unpaired) electrons. The van der Waals surface area contributed by atoms with Crippen molar-refractivity contribution in [2.45, 2.75) is 33.3 Å². The minimum Gasteiger partial charge on any atom is -0.394 e. The molecule has 1 atom stereocenters. The molecule has 0 aliphatic rings. The zero-order valence-corrected chi connectivity index (χ0v) is 10.0. The van der Waals surface area contributed by atoms with Gasteiger partial charge in [-0.25, -0.2) is 0 Å². The van der Waals surface area contributed by atoms with Crippen LogP contribution >= 0.6 is 0 Å². The van der Waals surface area contributed by atoms with E-state index in [1.54, 1.807) is 0 Å². The molecule has 0 spiro atoms. The monoisotopic (exact) mass is 220 g/mol. The molecule has 0 amide bonds. The van der Waals surface area contributed by atoms with Gasteiger partial charge in [0.25, 0.3) is 0 Å². The Morgan fingerprint density at radius 1 is 1.07 bits per heavy atom. The van der Waals surface area contributed by atoms with Crippen LogP contribution in [0.4, 0.5) is 0 Å². The minimum absolute atomic E-state index is 0.0344. The highest BCUT2D eigenvalue weighted by Gasteiger charge is 2.16. The van der Waals surface area contributed by atoms with Crippen molar-refractivity contribution in [3.63, 3.8) is 0 Å². The topological polar surface area (TPSA) is 58.9 Å². The Labute approximate surface area is 92.2 Å². The Bertz CT molecular complexity index is 142. The first-order valence-corrected chi connectivity index (χ1v) is 5.40. The van der Waals surface area contributed by atoms with E-state index < -0.39 is 6.10 Å². The van der Waals surface area contributed by atoms with Crippen LogP contribution < -0.4 is 0 Å². The first-order chi connectivity index (χ1) is 6.95. The molecule has 2 N–H and O–H groups in total. The summed E-state index contributed by atoms with van der Waals surface area (Å²) in [6.07, 6.45) is 0.313. The summed E-state index contributed by atoms with van der Waals surface area (Å²) in [6.45, 7) is 7.89. The highest BCUT2D eigenvalue weighted by Crippen LogP contribution is 2.20. The molecule has 4 nitrogen and oxygen atoms in total. The fourth-order valence-electron chi connectivity index (χ4n) is 1.27. The van der Waals surface area contributed by atoms with E-state index in [1.165, 1.54) is 0 Å². The third-order valence-electron chi connectivity index (χ3n) is 1.77. The van der Waals surface area contributed by atoms with E-state index in [1.807, 2.05) is 0 Å². The van der Waals surface area contributed by atoms with E-state index in [9.17, 15) is 5.11 Å². The lowest BCUT2D eigenvalue weighted by Gasteiger charge is -2.22. The first kappa shape index (κ1) is 14.8. The van der Waals surface area contributed by atoms with Crippen molar-refractivity contribution < 1.29 is 19.7 Å². The number of aliphatic hydroxyl groups excluding tert-OH is 2. The summed E-state index contributed by atoms with van der Waals surface area (Å²) < 4.78 is 10.2. The Kier molecular flexibility index (Phi) is 7.96. The average Bonchev–Trinajstić information content (AvgIpc) is 2.08. The van der Waals surface area contributed by atoms with E-state index >= 15 is 0 Å². The van der Waals surface area contributed by atoms with Crippen LogP contribution in [-0.2, 0) is 9.47 Å². The quantitative estimate of drug-likeness (QED) is 0.594. The van der Waals surface area contributed by atoms with Gasteiger partial charge in [-0.05, 0) is 11.8 Å². The molecule has 0 bridgehead atoms. The summed E-state index contributed by atoms with van der Waals surface area (Å²) >= 11 is 0. The molecule has 0 rings (SSSR count). The average molecular weight is 220 g/mol. The van der Waals surface area contributed by atoms with Crippen LogP contribution in [0.15, 0.2) is 0 Å². The third kappa shape index (κ3) is 11.8. The molecule has 0 aromatic heterocycles. The molecule has 4 heteroatoms. The molecule has 0 aromatic rings. The maximum absolute atomic E-state index is 9.58. The van der Waals surface area contributed by atoms with Crippen LogP contribution in [0.2, 0.25) is 0 Å². The van der Waals surface area contributed by atoms with Crippen LogP contribution in [0.3, 0.4) is 0 Å². The Hall–Kier alpha value is -0.160. The zero-order chi connectivity index (χ0) is 11.7. The number of hydrogen-bond acceptors (Lipinski definition) is 4. The van der Waals surface area contributed by atoms with Gasteiger partial charge in [0, 0.05) is 0 Å². The van der Waals surface area contributed by atoms with E-state index in [0.29, 0.717) is 26.4 Å². The number of rotatable bonds is 8. The number of aliphatic hydroxyl groups is 2. The van der Waals surface area contributed by atoms with Crippen LogP contribution in [0.1, 0.15) is 27.2 Å². The van der Waals surface area contributed by atoms with E-state index in [0.717, 1.165) is 6.42 Å². The van der Waals surface area contributed by atoms with Gasteiger partial charge in [-0.2, -0.15) is 0 Å². The smallest absolute Gasteiger partial charge is 0.0778 e. The molecular weight excluding hydrogens is 196 g/mol. The summed E-state index contributed by atoms with van der Waals surface area (Å²) in [6, 6.07) is 0. The van der Waals surface area contributed by atoms with Crippen molar-refractivity contribution in [2.75, 3.05) is 33.0 Å². The molecule has 0 heterocycles. The maximum atomic E-state index is 9.58. The van der Waals surface area contributed by atoms with Gasteiger partial charge in [-0.1, -0.05) is 20.8 Å². The van der Waals surface area contributed by atoms with Gasteiger partial charge in [0.2, 0.25) is 0 Å². The van der Waals surface area contributed by atoms with Crippen LogP contribution in [0.25, 0.3) is 0 Å². The Morgan fingerprint density at radius 2 is 1.67 bits per heavy atom. The standard InChI is InChI=1S/C11H24O4/c1-11(2,3)8-10(13)9-15-7-6-14-5-4-12/h10,12-13H,4-9H2,1-3H3. The van der Waals surface area contributed by atoms with Gasteiger partial charge in [-0.15, -0.1) is 0 Å². The number of hydrogen-bond donors (Lipinski definition) is 2. The molecule has 0 aliphatic heterocycles. The van der Waals surface area contributed by atoms with Gasteiger partial charge < -0.3 is 19.7 Å². The first-order valence-electron chi connectivity index (χ1n) is 5.40.